The van der Waals surface area contributed by atoms with Gasteiger partial charge in [-0.25, -0.2) is 0 Å². The first-order chi connectivity index (χ1) is 12.8. The van der Waals surface area contributed by atoms with Crippen LogP contribution in [0.3, 0.4) is 0 Å². The fourth-order valence-corrected chi connectivity index (χ4v) is 2.37. The minimum absolute atomic E-state index is 0.0740. The molecule has 0 atom stereocenters. The molecule has 0 fully saturated rings. The molecule has 0 unspecified atom stereocenters. The van der Waals surface area contributed by atoms with Crippen molar-refractivity contribution in [1.82, 2.24) is 4.98 Å². The number of ether oxygens (including phenoxy) is 1. The molecule has 0 saturated carbocycles. The molecule has 5 nitrogen and oxygen atoms in total. The van der Waals surface area contributed by atoms with Gasteiger partial charge in [-0.3, -0.25) is 9.78 Å². The van der Waals surface area contributed by atoms with E-state index in [0.29, 0.717) is 19.6 Å². The monoisotopic (exact) mass is 347 g/mol. The Balaban J connectivity index is 1.41. The van der Waals surface area contributed by atoms with Gasteiger partial charge in [0.15, 0.2) is 0 Å². The van der Waals surface area contributed by atoms with Crippen molar-refractivity contribution in [2.75, 3.05) is 17.2 Å². The van der Waals surface area contributed by atoms with Crippen molar-refractivity contribution < 1.29 is 9.53 Å². The Labute approximate surface area is 153 Å². The summed E-state index contributed by atoms with van der Waals surface area (Å²) in [7, 11) is 0. The molecule has 3 aromatic rings. The number of nitrogens with one attached hydrogen (secondary N) is 2. The molecular weight excluding hydrogens is 326 g/mol. The minimum Gasteiger partial charge on any atom is -0.493 e. The maximum Gasteiger partial charge on any atom is 0.227 e. The van der Waals surface area contributed by atoms with Gasteiger partial charge in [0.25, 0.3) is 0 Å². The number of anilines is 2. The second-order valence-corrected chi connectivity index (χ2v) is 5.71. The topological polar surface area (TPSA) is 63.2 Å². The van der Waals surface area contributed by atoms with Gasteiger partial charge in [-0.2, -0.15) is 0 Å². The number of para-hydroxylation sites is 1. The quantitative estimate of drug-likeness (QED) is 0.644. The number of carbonyl (C=O) groups excluding carboxylic acids is 1. The molecule has 132 valence electrons. The van der Waals surface area contributed by atoms with Crippen LogP contribution in [0.25, 0.3) is 0 Å². The van der Waals surface area contributed by atoms with E-state index in [-0.39, 0.29) is 5.91 Å². The zero-order valence-electron chi connectivity index (χ0n) is 14.4. The first-order valence-corrected chi connectivity index (χ1v) is 8.51. The maximum atomic E-state index is 12.0. The summed E-state index contributed by atoms with van der Waals surface area (Å²) in [5, 5.41) is 6.17. The predicted octanol–water partition coefficient (Wildman–Crippen LogP) is 4.10. The molecule has 0 aliphatic carbocycles. The van der Waals surface area contributed by atoms with Crippen LogP contribution in [0, 0.1) is 0 Å². The Hall–Kier alpha value is -3.34. The van der Waals surface area contributed by atoms with Crippen LogP contribution < -0.4 is 15.4 Å². The molecule has 0 aliphatic heterocycles. The fraction of sp³-hybridized carbons (Fsp3) is 0.143. The lowest BCUT2D eigenvalue weighted by Crippen LogP contribution is -2.15. The molecule has 0 radical (unpaired) electrons. The zero-order chi connectivity index (χ0) is 18.0. The van der Waals surface area contributed by atoms with Crippen molar-refractivity contribution in [2.24, 2.45) is 0 Å². The van der Waals surface area contributed by atoms with E-state index < -0.39 is 0 Å². The summed E-state index contributed by atoms with van der Waals surface area (Å²) >= 11 is 0. The van der Waals surface area contributed by atoms with E-state index in [1.807, 2.05) is 72.8 Å². The molecule has 0 saturated heterocycles. The van der Waals surface area contributed by atoms with Gasteiger partial charge in [-0.15, -0.1) is 0 Å². The summed E-state index contributed by atoms with van der Waals surface area (Å²) < 4.78 is 5.53. The van der Waals surface area contributed by atoms with Crippen LogP contribution in [0.5, 0.6) is 5.75 Å². The highest BCUT2D eigenvalue weighted by atomic mass is 16.5. The van der Waals surface area contributed by atoms with Crippen molar-refractivity contribution in [1.29, 1.82) is 0 Å². The van der Waals surface area contributed by atoms with Crippen molar-refractivity contribution >= 4 is 17.3 Å². The number of carbonyl (C=O) groups is 1. The van der Waals surface area contributed by atoms with E-state index in [1.165, 1.54) is 0 Å². The van der Waals surface area contributed by atoms with Gasteiger partial charge < -0.3 is 15.4 Å². The summed E-state index contributed by atoms with van der Waals surface area (Å²) in [6.45, 7) is 1.00. The number of benzene rings is 2. The van der Waals surface area contributed by atoms with Crippen LogP contribution in [0.1, 0.15) is 12.1 Å². The van der Waals surface area contributed by atoms with Gasteiger partial charge in [0.05, 0.1) is 25.3 Å². The highest BCUT2D eigenvalue weighted by Gasteiger charge is 2.03. The summed E-state index contributed by atoms with van der Waals surface area (Å²) in [6, 6.07) is 22.9. The molecular formula is C21H21N3O2. The van der Waals surface area contributed by atoms with Gasteiger partial charge in [0, 0.05) is 17.6 Å². The molecule has 1 aromatic heterocycles. The van der Waals surface area contributed by atoms with Gasteiger partial charge in [0.1, 0.15) is 5.75 Å². The molecule has 0 aliphatic rings. The van der Waals surface area contributed by atoms with Crippen LogP contribution in [0.2, 0.25) is 0 Å². The molecule has 2 aromatic carbocycles. The largest absolute Gasteiger partial charge is 0.493 e. The maximum absolute atomic E-state index is 12.0. The summed E-state index contributed by atoms with van der Waals surface area (Å²) in [4.78, 5) is 16.3. The number of hydrogen-bond donors (Lipinski definition) is 2. The van der Waals surface area contributed by atoms with E-state index in [2.05, 4.69) is 15.6 Å². The predicted molar refractivity (Wildman–Crippen MR) is 103 cm³/mol. The van der Waals surface area contributed by atoms with E-state index in [1.54, 1.807) is 6.20 Å². The molecule has 0 spiro atoms. The Morgan fingerprint density at radius 3 is 2.35 bits per heavy atom. The number of hydrogen-bond acceptors (Lipinski definition) is 4. The fourth-order valence-electron chi connectivity index (χ4n) is 2.37. The van der Waals surface area contributed by atoms with Gasteiger partial charge >= 0.3 is 0 Å². The lowest BCUT2D eigenvalue weighted by molar-refractivity contribution is -0.116. The van der Waals surface area contributed by atoms with Crippen LogP contribution in [-0.2, 0) is 11.3 Å². The smallest absolute Gasteiger partial charge is 0.227 e. The Kier molecular flexibility index (Phi) is 6.20. The average Bonchev–Trinajstić information content (AvgIpc) is 2.69. The number of aromatic nitrogens is 1. The van der Waals surface area contributed by atoms with E-state index in [4.69, 9.17) is 4.74 Å². The molecule has 1 heterocycles. The molecule has 0 bridgehead atoms. The first-order valence-electron chi connectivity index (χ1n) is 8.51. The van der Waals surface area contributed by atoms with Crippen LogP contribution >= 0.6 is 0 Å². The van der Waals surface area contributed by atoms with E-state index >= 15 is 0 Å². The second kappa shape index (κ2) is 9.22. The summed E-state index contributed by atoms with van der Waals surface area (Å²) in [5.74, 6) is 0.693. The molecule has 26 heavy (non-hydrogen) atoms. The molecule has 3 rings (SSSR count). The normalized spacial score (nSPS) is 10.2. The highest BCUT2D eigenvalue weighted by molar-refractivity contribution is 5.90. The number of nitrogens with zero attached hydrogens (tertiary/aromatic N) is 1. The summed E-state index contributed by atoms with van der Waals surface area (Å²) in [6.07, 6.45) is 2.08. The van der Waals surface area contributed by atoms with Gasteiger partial charge in [0.2, 0.25) is 5.91 Å². The Morgan fingerprint density at radius 2 is 1.62 bits per heavy atom. The lowest BCUT2D eigenvalue weighted by Gasteiger charge is -2.09. The summed E-state index contributed by atoms with van der Waals surface area (Å²) in [5.41, 5.74) is 2.71. The van der Waals surface area contributed by atoms with Gasteiger partial charge in [-0.05, 0) is 48.5 Å². The lowest BCUT2D eigenvalue weighted by atomic mass is 10.2. The Morgan fingerprint density at radius 1 is 0.885 bits per heavy atom. The third-order valence-electron chi connectivity index (χ3n) is 3.71. The SMILES string of the molecule is O=C(CCOc1ccccc1)Nc1ccc(NCc2ccccn2)cc1. The zero-order valence-corrected chi connectivity index (χ0v) is 14.4. The number of amides is 1. The van der Waals surface area contributed by atoms with Crippen LogP contribution in [-0.4, -0.2) is 17.5 Å². The first kappa shape index (κ1) is 17.5. The van der Waals surface area contributed by atoms with Crippen LogP contribution in [0.4, 0.5) is 11.4 Å². The third kappa shape index (κ3) is 5.63. The minimum atomic E-state index is -0.0740. The van der Waals surface area contributed by atoms with Crippen LogP contribution in [0.15, 0.2) is 79.0 Å². The second-order valence-electron chi connectivity index (χ2n) is 5.71. The molecule has 1 amide bonds. The average molecular weight is 347 g/mol. The van der Waals surface area contributed by atoms with Gasteiger partial charge in [-0.1, -0.05) is 24.3 Å². The van der Waals surface area contributed by atoms with Crippen molar-refractivity contribution in [3.8, 4) is 5.75 Å². The van der Waals surface area contributed by atoms with E-state index in [0.717, 1.165) is 22.8 Å². The van der Waals surface area contributed by atoms with E-state index in [9.17, 15) is 4.79 Å². The third-order valence-corrected chi connectivity index (χ3v) is 3.71. The number of rotatable bonds is 8. The highest BCUT2D eigenvalue weighted by Crippen LogP contribution is 2.15. The van der Waals surface area contributed by atoms with Crippen molar-refractivity contribution in [3.63, 3.8) is 0 Å². The molecule has 5 heteroatoms. The van der Waals surface area contributed by atoms with Crippen molar-refractivity contribution in [2.45, 2.75) is 13.0 Å². The Bertz CT molecular complexity index is 806. The van der Waals surface area contributed by atoms with Crippen molar-refractivity contribution in [3.05, 3.63) is 84.7 Å². The standard InChI is InChI=1S/C21H21N3O2/c25-21(13-15-26-20-7-2-1-3-8-20)24-18-11-9-17(10-12-18)23-16-19-6-4-5-14-22-19/h1-12,14,23H,13,15-16H2,(H,24,25). The number of pyridine rings is 1. The molecule has 2 N–H and O–H groups in total.